The standard InChI is InChI=1S/C15H12F4O/c1-14(20,10-5-4-6-11(16)9-10)12-7-2-3-8-13(12)15(17,18)19/h2-9,20H,1H3. The Bertz CT molecular complexity index is 617. The fourth-order valence-corrected chi connectivity index (χ4v) is 2.10. The summed E-state index contributed by atoms with van der Waals surface area (Å²) in [5, 5.41) is 10.5. The highest BCUT2D eigenvalue weighted by Crippen LogP contribution is 2.39. The summed E-state index contributed by atoms with van der Waals surface area (Å²) in [6.07, 6.45) is -4.59. The molecule has 0 bridgehead atoms. The van der Waals surface area contributed by atoms with Gasteiger partial charge in [-0.2, -0.15) is 13.2 Å². The Labute approximate surface area is 113 Å². The van der Waals surface area contributed by atoms with E-state index in [1.807, 2.05) is 0 Å². The van der Waals surface area contributed by atoms with Crippen LogP contribution in [0.2, 0.25) is 0 Å². The van der Waals surface area contributed by atoms with E-state index in [-0.39, 0.29) is 11.1 Å². The van der Waals surface area contributed by atoms with Crippen LogP contribution in [-0.2, 0) is 11.8 Å². The Morgan fingerprint density at radius 3 is 2.05 bits per heavy atom. The van der Waals surface area contributed by atoms with Crippen molar-refractivity contribution in [2.75, 3.05) is 0 Å². The van der Waals surface area contributed by atoms with Crippen LogP contribution in [0, 0.1) is 5.82 Å². The van der Waals surface area contributed by atoms with Crippen molar-refractivity contribution in [2.45, 2.75) is 18.7 Å². The molecule has 1 nitrogen and oxygen atoms in total. The van der Waals surface area contributed by atoms with Gasteiger partial charge in [0.1, 0.15) is 11.4 Å². The summed E-state index contributed by atoms with van der Waals surface area (Å²) in [6, 6.07) is 9.64. The van der Waals surface area contributed by atoms with E-state index in [0.717, 1.165) is 18.2 Å². The van der Waals surface area contributed by atoms with Crippen LogP contribution >= 0.6 is 0 Å². The third-order valence-electron chi connectivity index (χ3n) is 3.14. The van der Waals surface area contributed by atoms with Crippen molar-refractivity contribution in [3.63, 3.8) is 0 Å². The number of halogens is 4. The first-order valence-electron chi connectivity index (χ1n) is 5.88. The molecule has 0 spiro atoms. The molecular formula is C15H12F4O. The molecule has 5 heteroatoms. The van der Waals surface area contributed by atoms with Crippen LogP contribution in [0.25, 0.3) is 0 Å². The van der Waals surface area contributed by atoms with E-state index in [4.69, 9.17) is 0 Å². The minimum absolute atomic E-state index is 0.0641. The molecule has 0 fully saturated rings. The minimum Gasteiger partial charge on any atom is -0.381 e. The first-order chi connectivity index (χ1) is 9.23. The van der Waals surface area contributed by atoms with Crippen molar-refractivity contribution >= 4 is 0 Å². The highest BCUT2D eigenvalue weighted by molar-refractivity contribution is 5.41. The largest absolute Gasteiger partial charge is 0.416 e. The average molecular weight is 284 g/mol. The Hall–Kier alpha value is -1.88. The molecule has 0 aliphatic carbocycles. The SMILES string of the molecule is CC(O)(c1cccc(F)c1)c1ccccc1C(F)(F)F. The average Bonchev–Trinajstić information content (AvgIpc) is 2.38. The monoisotopic (exact) mass is 284 g/mol. The van der Waals surface area contributed by atoms with E-state index in [0.29, 0.717) is 0 Å². The number of benzene rings is 2. The number of alkyl halides is 3. The van der Waals surface area contributed by atoms with E-state index in [1.54, 1.807) is 0 Å². The highest BCUT2D eigenvalue weighted by atomic mass is 19.4. The molecule has 1 atom stereocenters. The van der Waals surface area contributed by atoms with Gasteiger partial charge in [-0.3, -0.25) is 0 Å². The van der Waals surface area contributed by atoms with Crippen molar-refractivity contribution in [3.8, 4) is 0 Å². The lowest BCUT2D eigenvalue weighted by Crippen LogP contribution is -2.27. The number of aliphatic hydroxyl groups is 1. The quantitative estimate of drug-likeness (QED) is 0.823. The summed E-state index contributed by atoms with van der Waals surface area (Å²) in [6.45, 7) is 1.21. The van der Waals surface area contributed by atoms with Crippen molar-refractivity contribution in [2.24, 2.45) is 0 Å². The fraction of sp³-hybridized carbons (Fsp3) is 0.200. The maximum atomic E-state index is 13.2. The van der Waals surface area contributed by atoms with E-state index in [9.17, 15) is 22.7 Å². The van der Waals surface area contributed by atoms with E-state index >= 15 is 0 Å². The smallest absolute Gasteiger partial charge is 0.381 e. The molecule has 1 N–H and O–H groups in total. The molecule has 0 heterocycles. The lowest BCUT2D eigenvalue weighted by atomic mass is 9.85. The second kappa shape index (κ2) is 4.90. The Morgan fingerprint density at radius 1 is 0.900 bits per heavy atom. The normalized spacial score (nSPS) is 14.9. The lowest BCUT2D eigenvalue weighted by molar-refractivity contribution is -0.139. The molecule has 0 radical (unpaired) electrons. The Kier molecular flexibility index (Phi) is 3.56. The zero-order valence-corrected chi connectivity index (χ0v) is 10.6. The summed E-state index contributed by atoms with van der Waals surface area (Å²) in [5.41, 5.74) is -3.12. The summed E-state index contributed by atoms with van der Waals surface area (Å²) in [5.74, 6) is -0.618. The number of hydrogen-bond donors (Lipinski definition) is 1. The summed E-state index contributed by atoms with van der Waals surface area (Å²) >= 11 is 0. The van der Waals surface area contributed by atoms with Gasteiger partial charge in [-0.15, -0.1) is 0 Å². The van der Waals surface area contributed by atoms with Crippen molar-refractivity contribution in [1.29, 1.82) is 0 Å². The van der Waals surface area contributed by atoms with Gasteiger partial charge >= 0.3 is 6.18 Å². The van der Waals surface area contributed by atoms with E-state index < -0.39 is 23.2 Å². The molecule has 2 aromatic carbocycles. The van der Waals surface area contributed by atoms with Crippen LogP contribution in [0.4, 0.5) is 17.6 Å². The van der Waals surface area contributed by atoms with Crippen LogP contribution in [-0.4, -0.2) is 5.11 Å². The molecule has 2 rings (SSSR count). The molecule has 20 heavy (non-hydrogen) atoms. The summed E-state index contributed by atoms with van der Waals surface area (Å²) in [4.78, 5) is 0. The summed E-state index contributed by atoms with van der Waals surface area (Å²) < 4.78 is 52.2. The lowest BCUT2D eigenvalue weighted by Gasteiger charge is -2.27. The minimum atomic E-state index is -4.59. The third kappa shape index (κ3) is 2.67. The van der Waals surface area contributed by atoms with Crippen LogP contribution in [0.1, 0.15) is 23.6 Å². The van der Waals surface area contributed by atoms with Crippen molar-refractivity contribution in [3.05, 3.63) is 71.0 Å². The van der Waals surface area contributed by atoms with Gasteiger partial charge in [0.25, 0.3) is 0 Å². The third-order valence-corrected chi connectivity index (χ3v) is 3.14. The second-order valence-corrected chi connectivity index (χ2v) is 4.63. The van der Waals surface area contributed by atoms with Crippen molar-refractivity contribution in [1.82, 2.24) is 0 Å². The maximum absolute atomic E-state index is 13.2. The van der Waals surface area contributed by atoms with E-state index in [2.05, 4.69) is 0 Å². The molecule has 106 valence electrons. The van der Waals surface area contributed by atoms with Crippen LogP contribution in [0.3, 0.4) is 0 Å². The molecule has 0 aliphatic heterocycles. The zero-order chi connectivity index (χ0) is 15.0. The molecule has 0 aliphatic rings. The van der Waals surface area contributed by atoms with E-state index in [1.165, 1.54) is 37.3 Å². The van der Waals surface area contributed by atoms with Crippen LogP contribution < -0.4 is 0 Å². The Morgan fingerprint density at radius 2 is 1.50 bits per heavy atom. The second-order valence-electron chi connectivity index (χ2n) is 4.63. The van der Waals surface area contributed by atoms with Crippen LogP contribution in [0.5, 0.6) is 0 Å². The van der Waals surface area contributed by atoms with Crippen LogP contribution in [0.15, 0.2) is 48.5 Å². The topological polar surface area (TPSA) is 20.2 Å². The molecule has 0 aromatic heterocycles. The van der Waals surface area contributed by atoms with Gasteiger partial charge in [0, 0.05) is 0 Å². The molecular weight excluding hydrogens is 272 g/mol. The van der Waals surface area contributed by atoms with Gasteiger partial charge in [0.05, 0.1) is 5.56 Å². The number of hydrogen-bond acceptors (Lipinski definition) is 1. The molecule has 0 saturated carbocycles. The summed E-state index contributed by atoms with van der Waals surface area (Å²) in [7, 11) is 0. The number of rotatable bonds is 2. The molecule has 0 amide bonds. The van der Waals surface area contributed by atoms with Gasteiger partial charge in [0.2, 0.25) is 0 Å². The van der Waals surface area contributed by atoms with Gasteiger partial charge < -0.3 is 5.11 Å². The first-order valence-corrected chi connectivity index (χ1v) is 5.88. The highest BCUT2D eigenvalue weighted by Gasteiger charge is 2.39. The van der Waals surface area contributed by atoms with Gasteiger partial charge in [0.15, 0.2) is 0 Å². The predicted octanol–water partition coefficient (Wildman–Crippen LogP) is 4.10. The first kappa shape index (κ1) is 14.5. The maximum Gasteiger partial charge on any atom is 0.416 e. The van der Waals surface area contributed by atoms with Gasteiger partial charge in [-0.1, -0.05) is 30.3 Å². The molecule has 1 unspecified atom stereocenters. The Balaban J connectivity index is 2.61. The zero-order valence-electron chi connectivity index (χ0n) is 10.6. The predicted molar refractivity (Wildman–Crippen MR) is 66.5 cm³/mol. The molecule has 2 aromatic rings. The van der Waals surface area contributed by atoms with Gasteiger partial charge in [-0.25, -0.2) is 4.39 Å². The molecule has 0 saturated heterocycles. The van der Waals surface area contributed by atoms with Gasteiger partial charge in [-0.05, 0) is 36.2 Å². The fourth-order valence-electron chi connectivity index (χ4n) is 2.10. The van der Waals surface area contributed by atoms with Crippen molar-refractivity contribution < 1.29 is 22.7 Å².